The van der Waals surface area contributed by atoms with Crippen molar-refractivity contribution in [1.82, 2.24) is 5.32 Å². The number of nitrogens with one attached hydrogen (secondary N) is 1. The molecule has 0 unspecified atom stereocenters. The lowest BCUT2D eigenvalue weighted by Gasteiger charge is -2.07. The minimum atomic E-state index is -4.11. The van der Waals surface area contributed by atoms with Crippen LogP contribution in [0.1, 0.15) is 17.5 Å². The third-order valence-electron chi connectivity index (χ3n) is 2.27. The average Bonchev–Trinajstić information content (AvgIpc) is 2.19. The first-order valence-corrected chi connectivity index (χ1v) is 5.30. The highest BCUT2D eigenvalue weighted by molar-refractivity contribution is 5.21. The van der Waals surface area contributed by atoms with Gasteiger partial charge in [0, 0.05) is 0 Å². The first-order valence-electron chi connectivity index (χ1n) is 5.30. The van der Waals surface area contributed by atoms with E-state index in [9.17, 15) is 13.2 Å². The average molecular weight is 231 g/mol. The van der Waals surface area contributed by atoms with Gasteiger partial charge in [-0.3, -0.25) is 0 Å². The minimum absolute atomic E-state index is 0.396. The summed E-state index contributed by atoms with van der Waals surface area (Å²) in [5.41, 5.74) is 2.36. The Balaban J connectivity index is 2.14. The van der Waals surface area contributed by atoms with Crippen molar-refractivity contribution < 1.29 is 13.2 Å². The van der Waals surface area contributed by atoms with Crippen LogP contribution < -0.4 is 5.32 Å². The summed E-state index contributed by atoms with van der Waals surface area (Å²) in [7, 11) is 0. The summed E-state index contributed by atoms with van der Waals surface area (Å²) in [4.78, 5) is 0. The standard InChI is InChI=1S/C12H16F3N/c1-10-4-6-11(7-5-10)3-2-8-16-9-12(13,14)15/h4-7,16H,2-3,8-9H2,1H3. The van der Waals surface area contributed by atoms with Gasteiger partial charge in [0.05, 0.1) is 6.54 Å². The third-order valence-corrected chi connectivity index (χ3v) is 2.27. The Kier molecular flexibility index (Phi) is 4.80. The van der Waals surface area contributed by atoms with Crippen LogP contribution in [0.5, 0.6) is 0 Å². The molecule has 0 atom stereocenters. The second-order valence-corrected chi connectivity index (χ2v) is 3.88. The number of hydrogen-bond acceptors (Lipinski definition) is 1. The van der Waals surface area contributed by atoms with Crippen molar-refractivity contribution in [1.29, 1.82) is 0 Å². The number of hydrogen-bond donors (Lipinski definition) is 1. The number of aryl methyl sites for hydroxylation is 2. The summed E-state index contributed by atoms with van der Waals surface area (Å²) in [5, 5.41) is 2.38. The van der Waals surface area contributed by atoms with Gasteiger partial charge in [0.2, 0.25) is 0 Å². The molecular weight excluding hydrogens is 215 g/mol. The van der Waals surface area contributed by atoms with Crippen molar-refractivity contribution in [3.63, 3.8) is 0 Å². The Morgan fingerprint density at radius 2 is 1.75 bits per heavy atom. The van der Waals surface area contributed by atoms with Gasteiger partial charge in [0.15, 0.2) is 0 Å². The highest BCUT2D eigenvalue weighted by atomic mass is 19.4. The summed E-state index contributed by atoms with van der Waals surface area (Å²) < 4.78 is 35.4. The van der Waals surface area contributed by atoms with Crippen molar-refractivity contribution in [3.05, 3.63) is 35.4 Å². The van der Waals surface area contributed by atoms with Gasteiger partial charge in [-0.05, 0) is 31.9 Å². The first kappa shape index (κ1) is 13.0. The van der Waals surface area contributed by atoms with Crippen LogP contribution in [-0.4, -0.2) is 19.3 Å². The molecule has 1 aromatic carbocycles. The zero-order valence-electron chi connectivity index (χ0n) is 9.27. The van der Waals surface area contributed by atoms with Crippen molar-refractivity contribution >= 4 is 0 Å². The van der Waals surface area contributed by atoms with E-state index in [1.54, 1.807) is 0 Å². The smallest absolute Gasteiger partial charge is 0.309 e. The maximum absolute atomic E-state index is 11.8. The molecule has 90 valence electrons. The molecule has 0 aromatic heterocycles. The summed E-state index contributed by atoms with van der Waals surface area (Å²) >= 11 is 0. The molecule has 0 aliphatic heterocycles. The van der Waals surface area contributed by atoms with Gasteiger partial charge in [0.1, 0.15) is 0 Å². The van der Waals surface area contributed by atoms with E-state index in [1.165, 1.54) is 11.1 Å². The Morgan fingerprint density at radius 3 is 2.31 bits per heavy atom. The number of rotatable bonds is 5. The fraction of sp³-hybridized carbons (Fsp3) is 0.500. The summed E-state index contributed by atoms with van der Waals surface area (Å²) in [5.74, 6) is 0. The largest absolute Gasteiger partial charge is 0.401 e. The SMILES string of the molecule is Cc1ccc(CCCNCC(F)(F)F)cc1. The predicted molar refractivity (Wildman–Crippen MR) is 58.4 cm³/mol. The Bertz CT molecular complexity index is 303. The van der Waals surface area contributed by atoms with Gasteiger partial charge >= 0.3 is 6.18 Å². The van der Waals surface area contributed by atoms with Gasteiger partial charge in [-0.15, -0.1) is 0 Å². The molecule has 16 heavy (non-hydrogen) atoms. The second kappa shape index (κ2) is 5.89. The van der Waals surface area contributed by atoms with Gasteiger partial charge < -0.3 is 5.32 Å². The number of benzene rings is 1. The van der Waals surface area contributed by atoms with Crippen LogP contribution in [0.15, 0.2) is 24.3 Å². The summed E-state index contributed by atoms with van der Waals surface area (Å²) in [6.07, 6.45) is -2.58. The van der Waals surface area contributed by atoms with Gasteiger partial charge in [0.25, 0.3) is 0 Å². The molecule has 0 spiro atoms. The lowest BCUT2D eigenvalue weighted by atomic mass is 10.1. The van der Waals surface area contributed by atoms with E-state index >= 15 is 0 Å². The third kappa shape index (κ3) is 5.75. The molecule has 0 bridgehead atoms. The molecule has 0 saturated heterocycles. The predicted octanol–water partition coefficient (Wildman–Crippen LogP) is 3.08. The molecule has 0 fully saturated rings. The zero-order valence-corrected chi connectivity index (χ0v) is 9.27. The quantitative estimate of drug-likeness (QED) is 0.768. The van der Waals surface area contributed by atoms with Crippen LogP contribution in [0.4, 0.5) is 13.2 Å². The lowest BCUT2D eigenvalue weighted by Crippen LogP contribution is -2.29. The molecular formula is C12H16F3N. The topological polar surface area (TPSA) is 12.0 Å². The molecule has 1 N–H and O–H groups in total. The molecule has 4 heteroatoms. The maximum atomic E-state index is 11.8. The highest BCUT2D eigenvalue weighted by Gasteiger charge is 2.25. The first-order chi connectivity index (χ1) is 7.47. The zero-order chi connectivity index (χ0) is 12.0. The van der Waals surface area contributed by atoms with Crippen molar-refractivity contribution in [2.75, 3.05) is 13.1 Å². The minimum Gasteiger partial charge on any atom is -0.309 e. The van der Waals surface area contributed by atoms with Crippen molar-refractivity contribution in [2.24, 2.45) is 0 Å². The number of halogens is 3. The van der Waals surface area contributed by atoms with Crippen LogP contribution in [-0.2, 0) is 6.42 Å². The molecule has 0 aliphatic rings. The van der Waals surface area contributed by atoms with Crippen LogP contribution in [0.3, 0.4) is 0 Å². The van der Waals surface area contributed by atoms with E-state index in [2.05, 4.69) is 5.32 Å². The molecule has 0 saturated carbocycles. The van der Waals surface area contributed by atoms with Gasteiger partial charge in [-0.25, -0.2) is 0 Å². The van der Waals surface area contributed by atoms with E-state index in [-0.39, 0.29) is 0 Å². The lowest BCUT2D eigenvalue weighted by molar-refractivity contribution is -0.124. The molecule has 0 heterocycles. The number of alkyl halides is 3. The van der Waals surface area contributed by atoms with Crippen LogP contribution in [0.25, 0.3) is 0 Å². The monoisotopic (exact) mass is 231 g/mol. The van der Waals surface area contributed by atoms with E-state index in [0.29, 0.717) is 6.54 Å². The molecule has 1 nitrogen and oxygen atoms in total. The Hall–Kier alpha value is -1.03. The Labute approximate surface area is 93.7 Å². The van der Waals surface area contributed by atoms with E-state index in [0.717, 1.165) is 12.8 Å². The van der Waals surface area contributed by atoms with Gasteiger partial charge in [-0.2, -0.15) is 13.2 Å². The molecule has 0 amide bonds. The Morgan fingerprint density at radius 1 is 1.12 bits per heavy atom. The molecule has 0 radical (unpaired) electrons. The van der Waals surface area contributed by atoms with E-state index in [4.69, 9.17) is 0 Å². The maximum Gasteiger partial charge on any atom is 0.401 e. The van der Waals surface area contributed by atoms with Crippen molar-refractivity contribution in [3.8, 4) is 0 Å². The molecule has 0 aliphatic carbocycles. The van der Waals surface area contributed by atoms with Crippen molar-refractivity contribution in [2.45, 2.75) is 25.9 Å². The summed E-state index contributed by atoms with van der Waals surface area (Å²) in [6, 6.07) is 8.05. The summed E-state index contributed by atoms with van der Waals surface area (Å²) in [6.45, 7) is 1.50. The second-order valence-electron chi connectivity index (χ2n) is 3.88. The van der Waals surface area contributed by atoms with Crippen LogP contribution >= 0.6 is 0 Å². The fourth-order valence-corrected chi connectivity index (χ4v) is 1.40. The molecule has 1 rings (SSSR count). The van der Waals surface area contributed by atoms with Gasteiger partial charge in [-0.1, -0.05) is 29.8 Å². The van der Waals surface area contributed by atoms with E-state index in [1.807, 2.05) is 31.2 Å². The van der Waals surface area contributed by atoms with E-state index < -0.39 is 12.7 Å². The highest BCUT2D eigenvalue weighted by Crippen LogP contribution is 2.12. The normalized spacial score (nSPS) is 11.8. The fourth-order valence-electron chi connectivity index (χ4n) is 1.40. The molecule has 1 aromatic rings. The van der Waals surface area contributed by atoms with Crippen LogP contribution in [0.2, 0.25) is 0 Å². The van der Waals surface area contributed by atoms with Crippen LogP contribution in [0, 0.1) is 6.92 Å².